The first-order valence-corrected chi connectivity index (χ1v) is 6.14. The molecule has 2 aromatic heterocycles. The zero-order valence-electron chi connectivity index (χ0n) is 9.01. The Hall–Kier alpha value is -1.94. The van der Waals surface area contributed by atoms with Crippen LogP contribution in [0.15, 0.2) is 17.2 Å². The minimum Gasteiger partial charge on any atom is -0.369 e. The molecule has 0 aromatic carbocycles. The van der Waals surface area contributed by atoms with Gasteiger partial charge in [-0.25, -0.2) is 19.3 Å². The summed E-state index contributed by atoms with van der Waals surface area (Å²) in [7, 11) is 0. The van der Waals surface area contributed by atoms with Crippen LogP contribution in [0.2, 0.25) is 0 Å². The Labute approximate surface area is 102 Å². The lowest BCUT2D eigenvalue weighted by Gasteiger charge is -2.03. The van der Waals surface area contributed by atoms with Crippen LogP contribution in [0.4, 0.5) is 5.82 Å². The summed E-state index contributed by atoms with van der Waals surface area (Å²) >= 11 is 1.68. The zero-order valence-corrected chi connectivity index (χ0v) is 9.83. The van der Waals surface area contributed by atoms with Crippen molar-refractivity contribution in [3.63, 3.8) is 0 Å². The van der Waals surface area contributed by atoms with Gasteiger partial charge in [-0.05, 0) is 0 Å². The molecule has 2 N–H and O–H groups in total. The van der Waals surface area contributed by atoms with Gasteiger partial charge in [-0.15, -0.1) is 18.2 Å². The van der Waals surface area contributed by atoms with Crippen LogP contribution >= 0.6 is 11.8 Å². The second-order valence-electron chi connectivity index (χ2n) is 3.21. The van der Waals surface area contributed by atoms with Crippen molar-refractivity contribution in [1.82, 2.24) is 19.6 Å². The van der Waals surface area contributed by atoms with E-state index < -0.39 is 0 Å². The van der Waals surface area contributed by atoms with Crippen molar-refractivity contribution in [3.8, 4) is 12.3 Å². The van der Waals surface area contributed by atoms with Gasteiger partial charge < -0.3 is 5.32 Å². The van der Waals surface area contributed by atoms with Gasteiger partial charge in [0, 0.05) is 18.4 Å². The first-order valence-electron chi connectivity index (χ1n) is 4.99. The third-order valence-electron chi connectivity index (χ3n) is 2.05. The summed E-state index contributed by atoms with van der Waals surface area (Å²) in [6.07, 6.45) is 6.58. The molecule has 6 nitrogen and oxygen atoms in total. The molecular formula is C10H11N5OS. The Morgan fingerprint density at radius 2 is 2.53 bits per heavy atom. The van der Waals surface area contributed by atoms with E-state index in [1.54, 1.807) is 17.8 Å². The fourth-order valence-corrected chi connectivity index (χ4v) is 1.80. The largest absolute Gasteiger partial charge is 0.369 e. The molecule has 0 unspecified atom stereocenters. The highest BCUT2D eigenvalue weighted by Crippen LogP contribution is 2.05. The molecule has 0 bridgehead atoms. The third-order valence-corrected chi connectivity index (χ3v) is 2.91. The molecular weight excluding hydrogens is 238 g/mol. The van der Waals surface area contributed by atoms with Gasteiger partial charge in [0.05, 0.1) is 5.75 Å². The predicted molar refractivity (Wildman–Crippen MR) is 68.3 cm³/mol. The second kappa shape index (κ2) is 5.41. The normalized spacial score (nSPS) is 10.3. The van der Waals surface area contributed by atoms with Gasteiger partial charge in [-0.1, -0.05) is 5.92 Å². The number of aromatic nitrogens is 4. The van der Waals surface area contributed by atoms with Crippen molar-refractivity contribution in [2.24, 2.45) is 0 Å². The fourth-order valence-electron chi connectivity index (χ4n) is 1.29. The molecule has 17 heavy (non-hydrogen) atoms. The van der Waals surface area contributed by atoms with Gasteiger partial charge in [-0.3, -0.25) is 0 Å². The van der Waals surface area contributed by atoms with Crippen LogP contribution in [0.5, 0.6) is 0 Å². The summed E-state index contributed by atoms with van der Waals surface area (Å²) in [5, 5.41) is 9.34. The molecule has 0 fully saturated rings. The zero-order chi connectivity index (χ0) is 12.1. The summed E-state index contributed by atoms with van der Waals surface area (Å²) in [5.74, 6) is 4.87. The van der Waals surface area contributed by atoms with E-state index >= 15 is 0 Å². The molecule has 0 aliphatic heterocycles. The van der Waals surface area contributed by atoms with Gasteiger partial charge >= 0.3 is 5.69 Å². The Morgan fingerprint density at radius 3 is 3.35 bits per heavy atom. The molecule has 2 heterocycles. The lowest BCUT2D eigenvalue weighted by atomic mass is 10.5. The summed E-state index contributed by atoms with van der Waals surface area (Å²) in [6.45, 7) is 0.768. The topological polar surface area (TPSA) is 75.1 Å². The highest BCUT2D eigenvalue weighted by Gasteiger charge is 2.01. The number of rotatable bonds is 5. The van der Waals surface area contributed by atoms with E-state index in [0.717, 1.165) is 12.3 Å². The summed E-state index contributed by atoms with van der Waals surface area (Å²) < 4.78 is 1.35. The van der Waals surface area contributed by atoms with Crippen molar-refractivity contribution >= 4 is 23.2 Å². The van der Waals surface area contributed by atoms with Gasteiger partial charge in [0.25, 0.3) is 0 Å². The van der Waals surface area contributed by atoms with E-state index in [4.69, 9.17) is 6.42 Å². The maximum atomic E-state index is 11.2. The number of nitrogens with one attached hydrogen (secondary N) is 2. The molecule has 0 radical (unpaired) electrons. The first-order chi connectivity index (χ1) is 8.31. The average Bonchev–Trinajstić information content (AvgIpc) is 2.71. The number of hydrogen-bond acceptors (Lipinski definition) is 5. The Balaban J connectivity index is 1.96. The molecule has 0 saturated heterocycles. The highest BCUT2D eigenvalue weighted by atomic mass is 32.2. The van der Waals surface area contributed by atoms with Crippen molar-refractivity contribution in [2.45, 2.75) is 0 Å². The van der Waals surface area contributed by atoms with E-state index in [-0.39, 0.29) is 5.69 Å². The number of aromatic amines is 1. The number of fused-ring (bicyclic) bond motifs is 1. The van der Waals surface area contributed by atoms with Gasteiger partial charge in [0.2, 0.25) is 0 Å². The number of terminal acetylenes is 1. The van der Waals surface area contributed by atoms with Gasteiger partial charge in [0.15, 0.2) is 5.65 Å². The molecule has 0 aliphatic rings. The summed E-state index contributed by atoms with van der Waals surface area (Å²) in [4.78, 5) is 15.3. The van der Waals surface area contributed by atoms with Crippen LogP contribution in [0.25, 0.3) is 5.65 Å². The van der Waals surface area contributed by atoms with E-state index in [0.29, 0.717) is 17.2 Å². The van der Waals surface area contributed by atoms with Crippen molar-refractivity contribution < 1.29 is 0 Å². The summed E-state index contributed by atoms with van der Waals surface area (Å²) in [6, 6.07) is 1.71. The molecule has 0 spiro atoms. The SMILES string of the molecule is C#CCSCCNc1cc2n[nH]c(=O)n2cn1. The van der Waals surface area contributed by atoms with E-state index in [1.165, 1.54) is 10.7 Å². The van der Waals surface area contributed by atoms with E-state index in [2.05, 4.69) is 26.4 Å². The standard InChI is InChI=1S/C10H11N5OS/c1-2-4-17-5-3-11-8-6-9-13-14-10(16)15(9)7-12-8/h1,6-7,11H,3-5H2,(H,14,16). The molecule has 7 heteroatoms. The first kappa shape index (κ1) is 11.5. The Morgan fingerprint density at radius 1 is 1.65 bits per heavy atom. The minimum absolute atomic E-state index is 0.288. The molecule has 0 aliphatic carbocycles. The Kier molecular flexibility index (Phi) is 3.67. The maximum absolute atomic E-state index is 11.2. The van der Waals surface area contributed by atoms with Crippen LogP contribution in [-0.4, -0.2) is 37.6 Å². The lowest BCUT2D eigenvalue weighted by molar-refractivity contribution is 0.994. The number of H-pyrrole nitrogens is 1. The van der Waals surface area contributed by atoms with Crippen LogP contribution in [0.3, 0.4) is 0 Å². The van der Waals surface area contributed by atoms with Crippen molar-refractivity contribution in [2.75, 3.05) is 23.4 Å². The highest BCUT2D eigenvalue weighted by molar-refractivity contribution is 7.99. The number of thioether (sulfide) groups is 1. The quantitative estimate of drug-likeness (QED) is 0.584. The minimum atomic E-state index is -0.288. The summed E-state index contributed by atoms with van der Waals surface area (Å²) in [5.41, 5.74) is 0.257. The lowest BCUT2D eigenvalue weighted by Crippen LogP contribution is -2.11. The molecule has 2 aromatic rings. The molecule has 0 atom stereocenters. The smallest absolute Gasteiger partial charge is 0.348 e. The fraction of sp³-hybridized carbons (Fsp3) is 0.300. The molecule has 0 saturated carbocycles. The van der Waals surface area contributed by atoms with Crippen molar-refractivity contribution in [3.05, 3.63) is 22.9 Å². The van der Waals surface area contributed by atoms with E-state index in [1.807, 2.05) is 0 Å². The molecule has 88 valence electrons. The number of anilines is 1. The van der Waals surface area contributed by atoms with E-state index in [9.17, 15) is 4.79 Å². The number of nitrogens with zero attached hydrogens (tertiary/aromatic N) is 3. The average molecular weight is 249 g/mol. The number of hydrogen-bond donors (Lipinski definition) is 2. The van der Waals surface area contributed by atoms with Crippen molar-refractivity contribution in [1.29, 1.82) is 0 Å². The second-order valence-corrected chi connectivity index (χ2v) is 4.32. The van der Waals surface area contributed by atoms with Gasteiger partial charge in [-0.2, -0.15) is 5.10 Å². The third kappa shape index (κ3) is 2.79. The van der Waals surface area contributed by atoms with Gasteiger partial charge in [0.1, 0.15) is 12.1 Å². The van der Waals surface area contributed by atoms with Crippen LogP contribution in [-0.2, 0) is 0 Å². The maximum Gasteiger partial charge on any atom is 0.348 e. The molecule has 2 rings (SSSR count). The van der Waals surface area contributed by atoms with Crippen LogP contribution in [0, 0.1) is 12.3 Å². The predicted octanol–water partition coefficient (Wildman–Crippen LogP) is 0.196. The Bertz CT molecular complexity index is 596. The van der Waals surface area contributed by atoms with Crippen LogP contribution < -0.4 is 11.0 Å². The van der Waals surface area contributed by atoms with Crippen LogP contribution in [0.1, 0.15) is 0 Å². The monoisotopic (exact) mass is 249 g/mol. The molecule has 0 amide bonds.